The fourth-order valence-corrected chi connectivity index (χ4v) is 2.91. The lowest BCUT2D eigenvalue weighted by atomic mass is 10.1. The number of hydrogen-bond acceptors (Lipinski definition) is 8. The zero-order chi connectivity index (χ0) is 23.3. The molecule has 0 spiro atoms. The van der Waals surface area contributed by atoms with Gasteiger partial charge >= 0.3 is 5.97 Å². The summed E-state index contributed by atoms with van der Waals surface area (Å²) < 4.78 is 27.0. The molecule has 0 aliphatic carbocycles. The number of nitrogens with two attached hydrogens (primary N) is 1. The van der Waals surface area contributed by atoms with Crippen molar-refractivity contribution in [3.63, 3.8) is 0 Å². The molecule has 0 bridgehead atoms. The minimum atomic E-state index is -0.639. The van der Waals surface area contributed by atoms with Gasteiger partial charge in [-0.3, -0.25) is 4.79 Å². The Kier molecular flexibility index (Phi) is 6.99. The molecule has 2 N–H and O–H groups in total. The molecule has 0 saturated carbocycles. The van der Waals surface area contributed by atoms with E-state index in [2.05, 4.69) is 4.99 Å². The second-order valence-electron chi connectivity index (χ2n) is 7.04. The number of carbonyl (C=O) groups is 2. The van der Waals surface area contributed by atoms with E-state index in [1.54, 1.807) is 36.4 Å². The number of primary amides is 1. The Labute approximate surface area is 185 Å². The van der Waals surface area contributed by atoms with Crippen LogP contribution >= 0.6 is 0 Å². The van der Waals surface area contributed by atoms with Crippen LogP contribution in [-0.2, 0) is 14.3 Å². The number of methoxy groups -OCH3 is 2. The van der Waals surface area contributed by atoms with Crippen molar-refractivity contribution in [3.8, 4) is 23.0 Å². The van der Waals surface area contributed by atoms with Gasteiger partial charge in [0.05, 0.1) is 20.3 Å². The number of carbonyl (C=O) groups excluding carboxylic acids is 2. The number of rotatable bonds is 9. The van der Waals surface area contributed by atoms with Crippen molar-refractivity contribution < 1.29 is 33.3 Å². The van der Waals surface area contributed by atoms with E-state index in [0.29, 0.717) is 28.4 Å². The number of cyclic esters (lactones) is 1. The van der Waals surface area contributed by atoms with Gasteiger partial charge < -0.3 is 29.4 Å². The van der Waals surface area contributed by atoms with Gasteiger partial charge in [0.25, 0.3) is 5.91 Å². The summed E-state index contributed by atoms with van der Waals surface area (Å²) in [4.78, 5) is 27.7. The molecule has 9 heteroatoms. The molecular formula is C23H24N2O7. The molecule has 1 amide bonds. The molecule has 2 aromatic rings. The predicted octanol–water partition coefficient (Wildman–Crippen LogP) is 2.70. The average Bonchev–Trinajstić information content (AvgIpc) is 3.12. The lowest BCUT2D eigenvalue weighted by Gasteiger charge is -2.14. The highest BCUT2D eigenvalue weighted by Crippen LogP contribution is 2.39. The molecule has 168 valence electrons. The molecule has 2 aromatic carbocycles. The van der Waals surface area contributed by atoms with Crippen LogP contribution in [0.1, 0.15) is 25.0 Å². The first kappa shape index (κ1) is 22.7. The van der Waals surface area contributed by atoms with E-state index in [1.165, 1.54) is 20.3 Å². The third-order valence-corrected chi connectivity index (χ3v) is 4.24. The second kappa shape index (κ2) is 9.86. The summed E-state index contributed by atoms with van der Waals surface area (Å²) in [5.74, 6) is 0.495. The van der Waals surface area contributed by atoms with E-state index in [-0.39, 0.29) is 30.1 Å². The minimum absolute atomic E-state index is 0.0543. The highest BCUT2D eigenvalue weighted by molar-refractivity contribution is 6.12. The highest BCUT2D eigenvalue weighted by atomic mass is 16.6. The van der Waals surface area contributed by atoms with Gasteiger partial charge in [0.2, 0.25) is 11.6 Å². The number of ether oxygens (including phenoxy) is 5. The Morgan fingerprint density at radius 1 is 1.12 bits per heavy atom. The standard InChI is InChI=1S/C23H24N2O7/c1-13(2)31-16-7-5-15(6-8-16)22-25-17(23(27)32-22)9-14-10-18(28-3)21(19(11-14)29-4)30-12-20(24)26/h5-11,13H,12H2,1-4H3,(H2,24,26). The topological polar surface area (TPSA) is 119 Å². The van der Waals surface area contributed by atoms with E-state index < -0.39 is 11.9 Å². The van der Waals surface area contributed by atoms with Crippen LogP contribution in [0, 0.1) is 0 Å². The number of aliphatic imine (C=N–C) groups is 1. The van der Waals surface area contributed by atoms with Crippen LogP contribution in [0.5, 0.6) is 23.0 Å². The number of benzene rings is 2. The summed E-state index contributed by atoms with van der Waals surface area (Å²) in [5, 5.41) is 0. The first-order valence-electron chi connectivity index (χ1n) is 9.77. The Morgan fingerprint density at radius 3 is 2.28 bits per heavy atom. The maximum Gasteiger partial charge on any atom is 0.363 e. The summed E-state index contributed by atoms with van der Waals surface area (Å²) in [7, 11) is 2.88. The summed E-state index contributed by atoms with van der Waals surface area (Å²) in [6, 6.07) is 10.3. The molecule has 0 unspecified atom stereocenters. The largest absolute Gasteiger partial charge is 0.493 e. The van der Waals surface area contributed by atoms with Gasteiger partial charge in [0.15, 0.2) is 23.8 Å². The van der Waals surface area contributed by atoms with Gasteiger partial charge in [0, 0.05) is 5.56 Å². The average molecular weight is 440 g/mol. The van der Waals surface area contributed by atoms with Crippen molar-refractivity contribution in [1.29, 1.82) is 0 Å². The van der Waals surface area contributed by atoms with Gasteiger partial charge in [0.1, 0.15) is 5.75 Å². The van der Waals surface area contributed by atoms with E-state index in [0.717, 1.165) is 0 Å². The van der Waals surface area contributed by atoms with Gasteiger partial charge in [-0.25, -0.2) is 9.79 Å². The summed E-state index contributed by atoms with van der Waals surface area (Å²) in [6.45, 7) is 3.54. The number of hydrogen-bond donors (Lipinski definition) is 1. The molecule has 9 nitrogen and oxygen atoms in total. The third kappa shape index (κ3) is 5.37. The lowest BCUT2D eigenvalue weighted by Crippen LogP contribution is -2.20. The summed E-state index contributed by atoms with van der Waals surface area (Å²) in [6.07, 6.45) is 1.59. The van der Waals surface area contributed by atoms with E-state index in [9.17, 15) is 9.59 Å². The number of nitrogens with zero attached hydrogens (tertiary/aromatic N) is 1. The third-order valence-electron chi connectivity index (χ3n) is 4.24. The summed E-state index contributed by atoms with van der Waals surface area (Å²) in [5.41, 5.74) is 6.45. The molecule has 0 aromatic heterocycles. The van der Waals surface area contributed by atoms with Crippen LogP contribution in [0.25, 0.3) is 6.08 Å². The Morgan fingerprint density at radius 2 is 1.75 bits per heavy atom. The molecule has 1 aliphatic rings. The number of esters is 1. The van der Waals surface area contributed by atoms with Crippen molar-refractivity contribution in [2.45, 2.75) is 20.0 Å². The molecule has 0 radical (unpaired) electrons. The van der Waals surface area contributed by atoms with E-state index in [1.807, 2.05) is 13.8 Å². The van der Waals surface area contributed by atoms with Gasteiger partial charge in [-0.05, 0) is 61.9 Å². The normalized spacial score (nSPS) is 14.2. The Bertz CT molecular complexity index is 1050. The van der Waals surface area contributed by atoms with E-state index >= 15 is 0 Å². The first-order chi connectivity index (χ1) is 15.3. The van der Waals surface area contributed by atoms with Crippen LogP contribution in [-0.4, -0.2) is 44.7 Å². The molecule has 1 aliphatic heterocycles. The molecular weight excluding hydrogens is 416 g/mol. The predicted molar refractivity (Wildman–Crippen MR) is 117 cm³/mol. The lowest BCUT2D eigenvalue weighted by molar-refractivity contribution is -0.130. The zero-order valence-electron chi connectivity index (χ0n) is 18.2. The molecule has 3 rings (SSSR count). The van der Waals surface area contributed by atoms with Crippen molar-refractivity contribution in [1.82, 2.24) is 0 Å². The Hall–Kier alpha value is -4.01. The van der Waals surface area contributed by atoms with Crippen LogP contribution in [0.4, 0.5) is 0 Å². The quantitative estimate of drug-likeness (QED) is 0.470. The fourth-order valence-electron chi connectivity index (χ4n) is 2.91. The molecule has 0 fully saturated rings. The monoisotopic (exact) mass is 440 g/mol. The van der Waals surface area contributed by atoms with E-state index in [4.69, 9.17) is 29.4 Å². The SMILES string of the molecule is COc1cc(C=C2N=C(c3ccc(OC(C)C)cc3)OC2=O)cc(OC)c1OCC(N)=O. The first-order valence-corrected chi connectivity index (χ1v) is 9.77. The van der Waals surface area contributed by atoms with Gasteiger partial charge in [-0.15, -0.1) is 0 Å². The molecule has 0 atom stereocenters. The Balaban J connectivity index is 1.89. The van der Waals surface area contributed by atoms with Crippen LogP contribution in [0.15, 0.2) is 47.1 Å². The summed E-state index contributed by atoms with van der Waals surface area (Å²) >= 11 is 0. The molecule has 1 heterocycles. The molecule has 32 heavy (non-hydrogen) atoms. The zero-order valence-corrected chi connectivity index (χ0v) is 18.2. The van der Waals surface area contributed by atoms with Crippen LogP contribution in [0.3, 0.4) is 0 Å². The van der Waals surface area contributed by atoms with Crippen molar-refractivity contribution in [2.75, 3.05) is 20.8 Å². The number of amides is 1. The smallest absolute Gasteiger partial charge is 0.363 e. The van der Waals surface area contributed by atoms with Crippen molar-refractivity contribution in [2.24, 2.45) is 10.7 Å². The van der Waals surface area contributed by atoms with Gasteiger partial charge in [-0.1, -0.05) is 0 Å². The maximum absolute atomic E-state index is 12.4. The minimum Gasteiger partial charge on any atom is -0.493 e. The maximum atomic E-state index is 12.4. The second-order valence-corrected chi connectivity index (χ2v) is 7.04. The fraction of sp³-hybridized carbons (Fsp3) is 0.261. The highest BCUT2D eigenvalue weighted by Gasteiger charge is 2.25. The van der Waals surface area contributed by atoms with Crippen molar-refractivity contribution in [3.05, 3.63) is 53.2 Å². The molecule has 0 saturated heterocycles. The van der Waals surface area contributed by atoms with Crippen molar-refractivity contribution >= 4 is 23.9 Å². The van der Waals surface area contributed by atoms with Gasteiger partial charge in [-0.2, -0.15) is 0 Å². The van der Waals surface area contributed by atoms with Crippen LogP contribution < -0.4 is 24.7 Å². The van der Waals surface area contributed by atoms with Crippen LogP contribution in [0.2, 0.25) is 0 Å².